The fraction of sp³-hybridized carbons (Fsp3) is 0.214. The molecule has 0 aliphatic heterocycles. The van der Waals surface area contributed by atoms with E-state index in [1.54, 1.807) is 16.2 Å². The SMILES string of the molecule is C#CCN(CC)C(=O)c1csc2ccccc12. The van der Waals surface area contributed by atoms with Gasteiger partial charge in [-0.25, -0.2) is 0 Å². The van der Waals surface area contributed by atoms with Gasteiger partial charge in [-0.1, -0.05) is 24.1 Å². The highest BCUT2D eigenvalue weighted by Crippen LogP contribution is 2.26. The van der Waals surface area contributed by atoms with Gasteiger partial charge >= 0.3 is 0 Å². The molecule has 0 aliphatic carbocycles. The standard InChI is InChI=1S/C14H13NOS/c1-3-9-15(4-2)14(16)12-10-17-13-8-6-5-7-11(12)13/h1,5-8,10H,4,9H2,2H3. The molecule has 0 spiro atoms. The predicted octanol–water partition coefficient (Wildman–Crippen LogP) is 3.00. The number of thiophene rings is 1. The van der Waals surface area contributed by atoms with Crippen LogP contribution in [0.15, 0.2) is 29.6 Å². The summed E-state index contributed by atoms with van der Waals surface area (Å²) in [6, 6.07) is 7.92. The Morgan fingerprint density at radius 3 is 2.94 bits per heavy atom. The molecule has 0 saturated carbocycles. The molecule has 0 bridgehead atoms. The minimum absolute atomic E-state index is 0.0166. The maximum Gasteiger partial charge on any atom is 0.256 e. The molecule has 1 aromatic carbocycles. The number of rotatable bonds is 3. The first-order chi connectivity index (χ1) is 8.27. The minimum atomic E-state index is 0.0166. The highest BCUT2D eigenvalue weighted by molar-refractivity contribution is 7.17. The monoisotopic (exact) mass is 243 g/mol. The van der Waals surface area contributed by atoms with Crippen LogP contribution in [0.25, 0.3) is 10.1 Å². The van der Waals surface area contributed by atoms with Crippen molar-refractivity contribution in [2.24, 2.45) is 0 Å². The Balaban J connectivity index is 2.40. The molecule has 1 aromatic heterocycles. The molecule has 0 aliphatic rings. The third kappa shape index (κ3) is 2.17. The van der Waals surface area contributed by atoms with Crippen molar-refractivity contribution in [2.45, 2.75) is 6.92 Å². The fourth-order valence-corrected chi connectivity index (χ4v) is 2.69. The number of benzene rings is 1. The van der Waals surface area contributed by atoms with Crippen molar-refractivity contribution in [3.8, 4) is 12.3 Å². The van der Waals surface area contributed by atoms with Crippen molar-refractivity contribution in [3.63, 3.8) is 0 Å². The van der Waals surface area contributed by atoms with Gasteiger partial charge in [-0.3, -0.25) is 4.79 Å². The summed E-state index contributed by atoms with van der Waals surface area (Å²) in [5.74, 6) is 2.53. The summed E-state index contributed by atoms with van der Waals surface area (Å²) in [6.45, 7) is 2.93. The van der Waals surface area contributed by atoms with Crippen molar-refractivity contribution in [1.82, 2.24) is 4.90 Å². The van der Waals surface area contributed by atoms with E-state index in [4.69, 9.17) is 6.42 Å². The highest BCUT2D eigenvalue weighted by atomic mass is 32.1. The number of fused-ring (bicyclic) bond motifs is 1. The molecule has 0 saturated heterocycles. The third-order valence-electron chi connectivity index (χ3n) is 2.66. The third-order valence-corrected chi connectivity index (χ3v) is 3.63. The molecule has 2 aromatic rings. The molecule has 0 fully saturated rings. The number of nitrogens with zero attached hydrogens (tertiary/aromatic N) is 1. The Hall–Kier alpha value is -1.79. The highest BCUT2D eigenvalue weighted by Gasteiger charge is 2.16. The first-order valence-electron chi connectivity index (χ1n) is 5.47. The quantitative estimate of drug-likeness (QED) is 0.759. The predicted molar refractivity (Wildman–Crippen MR) is 72.2 cm³/mol. The number of terminal acetylenes is 1. The molecule has 3 heteroatoms. The zero-order valence-corrected chi connectivity index (χ0v) is 10.5. The smallest absolute Gasteiger partial charge is 0.256 e. The summed E-state index contributed by atoms with van der Waals surface area (Å²) < 4.78 is 1.13. The largest absolute Gasteiger partial charge is 0.328 e. The van der Waals surface area contributed by atoms with Gasteiger partial charge in [-0.05, 0) is 13.0 Å². The topological polar surface area (TPSA) is 20.3 Å². The molecule has 2 nitrogen and oxygen atoms in total. The van der Waals surface area contributed by atoms with E-state index in [2.05, 4.69) is 5.92 Å². The zero-order chi connectivity index (χ0) is 12.3. The van der Waals surface area contributed by atoms with Crippen molar-refractivity contribution >= 4 is 27.3 Å². The van der Waals surface area contributed by atoms with Crippen molar-refractivity contribution in [2.75, 3.05) is 13.1 Å². The number of carbonyl (C=O) groups is 1. The molecule has 0 radical (unpaired) electrons. The number of hydrogen-bond acceptors (Lipinski definition) is 2. The summed E-state index contributed by atoms with van der Waals surface area (Å²) in [6.07, 6.45) is 5.27. The van der Waals surface area contributed by atoms with E-state index in [0.717, 1.165) is 15.6 Å². The summed E-state index contributed by atoms with van der Waals surface area (Å²) in [4.78, 5) is 14.0. The first kappa shape index (κ1) is 11.7. The van der Waals surface area contributed by atoms with Crippen LogP contribution in [0.3, 0.4) is 0 Å². The van der Waals surface area contributed by atoms with Crippen LogP contribution >= 0.6 is 11.3 Å². The van der Waals surface area contributed by atoms with Gasteiger partial charge in [0.05, 0.1) is 12.1 Å². The average Bonchev–Trinajstić information content (AvgIpc) is 2.79. The van der Waals surface area contributed by atoms with Crippen LogP contribution in [0.5, 0.6) is 0 Å². The lowest BCUT2D eigenvalue weighted by Crippen LogP contribution is -2.30. The lowest BCUT2D eigenvalue weighted by molar-refractivity contribution is 0.0787. The molecule has 1 amide bonds. The molecule has 1 heterocycles. The summed E-state index contributed by atoms with van der Waals surface area (Å²) in [7, 11) is 0. The second-order valence-electron chi connectivity index (χ2n) is 3.67. The fourth-order valence-electron chi connectivity index (χ4n) is 1.75. The Morgan fingerprint density at radius 1 is 1.47 bits per heavy atom. The number of hydrogen-bond donors (Lipinski definition) is 0. The first-order valence-corrected chi connectivity index (χ1v) is 6.35. The Bertz CT molecular complexity index is 579. The van der Waals surface area contributed by atoms with Crippen LogP contribution in [0.2, 0.25) is 0 Å². The molecule has 0 N–H and O–H groups in total. The maximum absolute atomic E-state index is 12.3. The van der Waals surface area contributed by atoms with Gasteiger partial charge < -0.3 is 4.90 Å². The van der Waals surface area contributed by atoms with Crippen molar-refractivity contribution in [1.29, 1.82) is 0 Å². The van der Waals surface area contributed by atoms with E-state index in [9.17, 15) is 4.79 Å². The van der Waals surface area contributed by atoms with Gasteiger partial charge in [0.2, 0.25) is 0 Å². The Labute approximate surface area is 105 Å². The normalized spacial score (nSPS) is 10.1. The van der Waals surface area contributed by atoms with Crippen LogP contribution in [-0.4, -0.2) is 23.9 Å². The Morgan fingerprint density at radius 2 is 2.24 bits per heavy atom. The molecule has 0 atom stereocenters. The molecule has 0 unspecified atom stereocenters. The summed E-state index contributed by atoms with van der Waals surface area (Å²) in [5.41, 5.74) is 0.753. The van der Waals surface area contributed by atoms with Crippen LogP contribution in [0, 0.1) is 12.3 Å². The zero-order valence-electron chi connectivity index (χ0n) is 9.64. The Kier molecular flexibility index (Phi) is 3.46. The van der Waals surface area contributed by atoms with E-state index in [-0.39, 0.29) is 5.91 Å². The summed E-state index contributed by atoms with van der Waals surface area (Å²) in [5, 5.41) is 2.92. The van der Waals surface area contributed by atoms with Crippen LogP contribution in [0.4, 0.5) is 0 Å². The second-order valence-corrected chi connectivity index (χ2v) is 4.58. The molecule has 2 rings (SSSR count). The average molecular weight is 243 g/mol. The van der Waals surface area contributed by atoms with Gasteiger partial charge in [-0.15, -0.1) is 17.8 Å². The molecular formula is C14H13NOS. The molecular weight excluding hydrogens is 230 g/mol. The lowest BCUT2D eigenvalue weighted by Gasteiger charge is -2.17. The number of carbonyl (C=O) groups excluding carboxylic acids is 1. The lowest BCUT2D eigenvalue weighted by atomic mass is 10.1. The second kappa shape index (κ2) is 5.03. The van der Waals surface area contributed by atoms with Gasteiger partial charge in [0.1, 0.15) is 0 Å². The molecule has 17 heavy (non-hydrogen) atoms. The van der Waals surface area contributed by atoms with Crippen LogP contribution < -0.4 is 0 Å². The van der Waals surface area contributed by atoms with Crippen molar-refractivity contribution in [3.05, 3.63) is 35.2 Å². The minimum Gasteiger partial charge on any atom is -0.328 e. The van der Waals surface area contributed by atoms with E-state index >= 15 is 0 Å². The van der Waals surface area contributed by atoms with E-state index in [1.165, 1.54) is 0 Å². The van der Waals surface area contributed by atoms with E-state index in [1.807, 2.05) is 36.6 Å². The van der Waals surface area contributed by atoms with Crippen LogP contribution in [-0.2, 0) is 0 Å². The van der Waals surface area contributed by atoms with Gasteiger partial charge in [-0.2, -0.15) is 0 Å². The number of amides is 1. The van der Waals surface area contributed by atoms with Gasteiger partial charge in [0.25, 0.3) is 5.91 Å². The van der Waals surface area contributed by atoms with Crippen molar-refractivity contribution < 1.29 is 4.79 Å². The maximum atomic E-state index is 12.3. The molecule has 86 valence electrons. The summed E-state index contributed by atoms with van der Waals surface area (Å²) >= 11 is 1.59. The van der Waals surface area contributed by atoms with Crippen LogP contribution in [0.1, 0.15) is 17.3 Å². The van der Waals surface area contributed by atoms with E-state index in [0.29, 0.717) is 13.1 Å². The van der Waals surface area contributed by atoms with Gasteiger partial charge in [0.15, 0.2) is 0 Å². The van der Waals surface area contributed by atoms with E-state index < -0.39 is 0 Å². The van der Waals surface area contributed by atoms with Gasteiger partial charge in [0, 0.05) is 22.0 Å².